The van der Waals surface area contributed by atoms with E-state index in [-0.39, 0.29) is 0 Å². The van der Waals surface area contributed by atoms with Gasteiger partial charge in [-0.2, -0.15) is 0 Å². The van der Waals surface area contributed by atoms with Crippen LogP contribution in [0.1, 0.15) is 29.7 Å². The number of nitrogens with zero attached hydrogens (tertiary/aromatic N) is 1. The van der Waals surface area contributed by atoms with Gasteiger partial charge in [-0.3, -0.25) is 0 Å². The average molecular weight is 246 g/mol. The maximum Gasteiger partial charge on any atom is 0.143 e. The Morgan fingerprint density at radius 1 is 1.33 bits per heavy atom. The van der Waals surface area contributed by atoms with E-state index in [9.17, 15) is 0 Å². The summed E-state index contributed by atoms with van der Waals surface area (Å²) in [5.74, 6) is 1.29. The highest BCUT2D eigenvalue weighted by Crippen LogP contribution is 2.37. The maximum absolute atomic E-state index is 5.85. The molecule has 3 heteroatoms. The molecule has 2 N–H and O–H groups in total. The average Bonchev–Trinajstić information content (AvgIpc) is 2.64. The second-order valence-electron chi connectivity index (χ2n) is 5.00. The number of nitrogens with two attached hydrogens (primary N) is 1. The van der Waals surface area contributed by atoms with Crippen LogP contribution in [0.25, 0.3) is 10.9 Å². The lowest BCUT2D eigenvalue weighted by molar-refractivity contribution is 0.417. The van der Waals surface area contributed by atoms with Crippen molar-refractivity contribution in [2.45, 2.75) is 26.7 Å². The zero-order valence-electron chi connectivity index (χ0n) is 11.9. The minimum Gasteiger partial charge on any atom is -0.495 e. The van der Waals surface area contributed by atoms with Crippen molar-refractivity contribution < 1.29 is 4.74 Å². The van der Waals surface area contributed by atoms with Gasteiger partial charge >= 0.3 is 0 Å². The number of fused-ring (bicyclic) bond motifs is 1. The predicted molar refractivity (Wildman–Crippen MR) is 76.4 cm³/mol. The van der Waals surface area contributed by atoms with Crippen LogP contribution in [0, 0.1) is 13.8 Å². The quantitative estimate of drug-likeness (QED) is 0.904. The van der Waals surface area contributed by atoms with Gasteiger partial charge in [0.15, 0.2) is 0 Å². The minimum absolute atomic E-state index is 0.361. The van der Waals surface area contributed by atoms with E-state index in [1.54, 1.807) is 7.11 Å². The number of aromatic nitrogens is 1. The lowest BCUT2D eigenvalue weighted by atomic mass is 9.95. The van der Waals surface area contributed by atoms with Gasteiger partial charge in [-0.25, -0.2) is 0 Å². The number of hydrogen-bond donors (Lipinski definition) is 1. The van der Waals surface area contributed by atoms with Crippen molar-refractivity contribution in [1.82, 2.24) is 4.57 Å². The molecule has 0 bridgehead atoms. The fourth-order valence-corrected chi connectivity index (χ4v) is 2.76. The fraction of sp³-hybridized carbons (Fsp3) is 0.467. The van der Waals surface area contributed by atoms with Crippen LogP contribution in [0.3, 0.4) is 0 Å². The van der Waals surface area contributed by atoms with Gasteiger partial charge in [-0.1, -0.05) is 13.0 Å². The first kappa shape index (κ1) is 13.0. The molecule has 3 nitrogen and oxygen atoms in total. The number of methoxy groups -OCH3 is 1. The first-order valence-corrected chi connectivity index (χ1v) is 6.35. The van der Waals surface area contributed by atoms with E-state index in [1.165, 1.54) is 27.7 Å². The van der Waals surface area contributed by atoms with Gasteiger partial charge < -0.3 is 15.0 Å². The summed E-state index contributed by atoms with van der Waals surface area (Å²) in [7, 11) is 3.81. The Hall–Kier alpha value is -1.48. The minimum atomic E-state index is 0.361. The molecule has 0 aliphatic carbocycles. The molecule has 0 saturated carbocycles. The molecule has 1 heterocycles. The first-order valence-electron chi connectivity index (χ1n) is 6.35. The highest BCUT2D eigenvalue weighted by Gasteiger charge is 2.20. The standard InChI is InChI=1S/C15H22N2O/c1-9-6-7-12(18-5)15-14(9)13(10(2)8-16)11(3)17(15)4/h6-7,10H,8,16H2,1-5H3. The zero-order valence-corrected chi connectivity index (χ0v) is 11.9. The zero-order chi connectivity index (χ0) is 13.4. The Labute approximate surface area is 109 Å². The van der Waals surface area contributed by atoms with E-state index < -0.39 is 0 Å². The van der Waals surface area contributed by atoms with E-state index in [4.69, 9.17) is 10.5 Å². The molecule has 0 amide bonds. The maximum atomic E-state index is 5.85. The van der Waals surface area contributed by atoms with Gasteiger partial charge in [0.2, 0.25) is 0 Å². The molecule has 18 heavy (non-hydrogen) atoms. The van der Waals surface area contributed by atoms with Crippen LogP contribution in [0.2, 0.25) is 0 Å². The Morgan fingerprint density at radius 2 is 2.00 bits per heavy atom. The molecule has 98 valence electrons. The molecule has 0 radical (unpaired) electrons. The van der Waals surface area contributed by atoms with E-state index in [0.717, 1.165) is 5.75 Å². The summed E-state index contributed by atoms with van der Waals surface area (Å²) in [6.45, 7) is 7.14. The van der Waals surface area contributed by atoms with Crippen LogP contribution >= 0.6 is 0 Å². The highest BCUT2D eigenvalue weighted by molar-refractivity contribution is 5.93. The molecule has 1 aromatic heterocycles. The molecule has 1 atom stereocenters. The normalized spacial score (nSPS) is 13.0. The SMILES string of the molecule is COc1ccc(C)c2c(C(C)CN)c(C)n(C)c12. The lowest BCUT2D eigenvalue weighted by Crippen LogP contribution is -2.10. The Kier molecular flexibility index (Phi) is 3.35. The Balaban J connectivity index is 2.91. The van der Waals surface area contributed by atoms with E-state index >= 15 is 0 Å². The van der Waals surface area contributed by atoms with Crippen LogP contribution in [-0.4, -0.2) is 18.2 Å². The predicted octanol–water partition coefficient (Wildman–Crippen LogP) is 2.87. The Morgan fingerprint density at radius 3 is 2.56 bits per heavy atom. The highest BCUT2D eigenvalue weighted by atomic mass is 16.5. The topological polar surface area (TPSA) is 40.2 Å². The smallest absolute Gasteiger partial charge is 0.143 e. The van der Waals surface area contributed by atoms with Gasteiger partial charge in [0.25, 0.3) is 0 Å². The summed E-state index contributed by atoms with van der Waals surface area (Å²) < 4.78 is 7.70. The third-order valence-electron chi connectivity index (χ3n) is 3.91. The van der Waals surface area contributed by atoms with Crippen molar-refractivity contribution in [2.75, 3.05) is 13.7 Å². The molecule has 0 aliphatic rings. The molecule has 0 saturated heterocycles. The van der Waals surface area contributed by atoms with Gasteiger partial charge in [-0.15, -0.1) is 0 Å². The fourth-order valence-electron chi connectivity index (χ4n) is 2.76. The van der Waals surface area contributed by atoms with Gasteiger partial charge in [0.1, 0.15) is 5.75 Å². The van der Waals surface area contributed by atoms with Crippen LogP contribution < -0.4 is 10.5 Å². The number of aryl methyl sites for hydroxylation is 2. The molecule has 2 rings (SSSR count). The van der Waals surface area contributed by atoms with Crippen LogP contribution in [0.5, 0.6) is 5.75 Å². The van der Waals surface area contributed by atoms with E-state index in [0.29, 0.717) is 12.5 Å². The number of hydrogen-bond acceptors (Lipinski definition) is 2. The summed E-state index contributed by atoms with van der Waals surface area (Å²) >= 11 is 0. The second kappa shape index (κ2) is 4.65. The molecule has 1 aromatic carbocycles. The number of rotatable bonds is 3. The summed E-state index contributed by atoms with van der Waals surface area (Å²) in [6.07, 6.45) is 0. The molecule has 2 aromatic rings. The number of benzene rings is 1. The van der Waals surface area contributed by atoms with Crippen LogP contribution in [-0.2, 0) is 7.05 Å². The Bertz CT molecular complexity index is 584. The van der Waals surface area contributed by atoms with E-state index in [2.05, 4.69) is 38.5 Å². The number of ether oxygens (including phenoxy) is 1. The van der Waals surface area contributed by atoms with Crippen molar-refractivity contribution in [3.63, 3.8) is 0 Å². The van der Waals surface area contributed by atoms with E-state index in [1.807, 2.05) is 6.07 Å². The molecular weight excluding hydrogens is 224 g/mol. The summed E-state index contributed by atoms with van der Waals surface area (Å²) in [5, 5.41) is 1.30. The van der Waals surface area contributed by atoms with Crippen molar-refractivity contribution >= 4 is 10.9 Å². The first-order chi connectivity index (χ1) is 8.52. The molecular formula is C15H22N2O. The monoisotopic (exact) mass is 246 g/mol. The molecule has 0 aliphatic heterocycles. The lowest BCUT2D eigenvalue weighted by Gasteiger charge is -2.11. The van der Waals surface area contributed by atoms with Crippen molar-refractivity contribution in [3.05, 3.63) is 29.0 Å². The molecule has 1 unspecified atom stereocenters. The van der Waals surface area contributed by atoms with Crippen molar-refractivity contribution in [2.24, 2.45) is 12.8 Å². The summed E-state index contributed by atoms with van der Waals surface area (Å²) in [4.78, 5) is 0. The summed E-state index contributed by atoms with van der Waals surface area (Å²) in [5.41, 5.74) is 10.9. The van der Waals surface area contributed by atoms with Gasteiger partial charge in [0.05, 0.1) is 12.6 Å². The largest absolute Gasteiger partial charge is 0.495 e. The third-order valence-corrected chi connectivity index (χ3v) is 3.91. The van der Waals surface area contributed by atoms with Crippen LogP contribution in [0.15, 0.2) is 12.1 Å². The second-order valence-corrected chi connectivity index (χ2v) is 5.00. The van der Waals surface area contributed by atoms with Crippen molar-refractivity contribution in [3.8, 4) is 5.75 Å². The molecule has 0 spiro atoms. The van der Waals surface area contributed by atoms with Crippen molar-refractivity contribution in [1.29, 1.82) is 0 Å². The third kappa shape index (κ3) is 1.70. The molecule has 0 fully saturated rings. The van der Waals surface area contributed by atoms with Gasteiger partial charge in [-0.05, 0) is 43.5 Å². The van der Waals surface area contributed by atoms with Crippen LogP contribution in [0.4, 0.5) is 0 Å². The summed E-state index contributed by atoms with van der Waals surface area (Å²) in [6, 6.07) is 4.15. The van der Waals surface area contributed by atoms with Gasteiger partial charge in [0, 0.05) is 18.1 Å².